The Morgan fingerprint density at radius 1 is 1.43 bits per heavy atom. The molecule has 0 saturated heterocycles. The van der Waals surface area contributed by atoms with Crippen molar-refractivity contribution in [1.82, 2.24) is 0 Å². The first kappa shape index (κ1) is 10.6. The molecule has 0 aliphatic rings. The highest BCUT2D eigenvalue weighted by Crippen LogP contribution is 2.23. The van der Waals surface area contributed by atoms with Crippen LogP contribution >= 0.6 is 0 Å². The van der Waals surface area contributed by atoms with Gasteiger partial charge in [0.1, 0.15) is 6.07 Å². The number of nitriles is 1. The Morgan fingerprint density at radius 2 is 2.07 bits per heavy atom. The summed E-state index contributed by atoms with van der Waals surface area (Å²) in [5, 5.41) is 18.5. The van der Waals surface area contributed by atoms with Crippen LogP contribution in [0.3, 0.4) is 0 Å². The van der Waals surface area contributed by atoms with Crippen molar-refractivity contribution in [2.24, 2.45) is 0 Å². The van der Waals surface area contributed by atoms with Gasteiger partial charge in [0.05, 0.1) is 0 Å². The Hall–Kier alpha value is -1.53. The Balaban J connectivity index is 3.14. The Kier molecular flexibility index (Phi) is 2.78. The van der Waals surface area contributed by atoms with Crippen LogP contribution < -0.4 is 4.90 Å². The van der Waals surface area contributed by atoms with Gasteiger partial charge >= 0.3 is 0 Å². The summed E-state index contributed by atoms with van der Waals surface area (Å²) in [4.78, 5) is 1.93. The van der Waals surface area contributed by atoms with E-state index in [0.717, 1.165) is 5.69 Å². The molecule has 0 heterocycles. The van der Waals surface area contributed by atoms with Crippen molar-refractivity contribution in [2.75, 3.05) is 19.0 Å². The van der Waals surface area contributed by atoms with Gasteiger partial charge in [0, 0.05) is 19.8 Å². The highest BCUT2D eigenvalue weighted by molar-refractivity contribution is 5.49. The van der Waals surface area contributed by atoms with Gasteiger partial charge < -0.3 is 10.0 Å². The molecule has 0 fully saturated rings. The molecular formula is C11H14N2O. The fourth-order valence-corrected chi connectivity index (χ4v) is 1.15. The van der Waals surface area contributed by atoms with Gasteiger partial charge in [0.15, 0.2) is 5.60 Å². The summed E-state index contributed by atoms with van der Waals surface area (Å²) in [6.07, 6.45) is 0. The summed E-state index contributed by atoms with van der Waals surface area (Å²) in [6, 6.07) is 9.17. The first-order chi connectivity index (χ1) is 6.47. The lowest BCUT2D eigenvalue weighted by Gasteiger charge is -2.18. The number of rotatable bonds is 2. The molecule has 0 bridgehead atoms. The van der Waals surface area contributed by atoms with Crippen molar-refractivity contribution in [3.63, 3.8) is 0 Å². The maximum Gasteiger partial charge on any atom is 0.173 e. The summed E-state index contributed by atoms with van der Waals surface area (Å²) >= 11 is 0. The Morgan fingerprint density at radius 3 is 2.57 bits per heavy atom. The van der Waals surface area contributed by atoms with E-state index in [1.54, 1.807) is 6.07 Å². The molecule has 1 atom stereocenters. The maximum absolute atomic E-state index is 9.72. The molecule has 0 aromatic heterocycles. The quantitative estimate of drug-likeness (QED) is 0.718. The van der Waals surface area contributed by atoms with E-state index in [-0.39, 0.29) is 0 Å². The summed E-state index contributed by atoms with van der Waals surface area (Å²) in [5.41, 5.74) is 0.177. The summed E-state index contributed by atoms with van der Waals surface area (Å²) in [7, 11) is 3.83. The number of aliphatic hydroxyl groups is 1. The lowest BCUT2D eigenvalue weighted by Crippen LogP contribution is -2.19. The molecular weight excluding hydrogens is 176 g/mol. The van der Waals surface area contributed by atoms with Gasteiger partial charge in [0.2, 0.25) is 0 Å². The van der Waals surface area contributed by atoms with Crippen LogP contribution in [0.4, 0.5) is 5.69 Å². The van der Waals surface area contributed by atoms with Crippen molar-refractivity contribution in [2.45, 2.75) is 12.5 Å². The SMILES string of the molecule is CN(C)c1cccc(C(C)(O)C#N)c1. The lowest BCUT2D eigenvalue weighted by molar-refractivity contribution is 0.119. The molecule has 0 aliphatic heterocycles. The number of hydrogen-bond acceptors (Lipinski definition) is 3. The van der Waals surface area contributed by atoms with Crippen LogP contribution in [0.25, 0.3) is 0 Å². The van der Waals surface area contributed by atoms with Gasteiger partial charge in [-0.1, -0.05) is 12.1 Å². The maximum atomic E-state index is 9.72. The predicted molar refractivity (Wildman–Crippen MR) is 56.0 cm³/mol. The van der Waals surface area contributed by atoms with E-state index in [2.05, 4.69) is 0 Å². The zero-order valence-electron chi connectivity index (χ0n) is 8.65. The molecule has 1 aromatic carbocycles. The van der Waals surface area contributed by atoms with Crippen LogP contribution in [0.5, 0.6) is 0 Å². The van der Waals surface area contributed by atoms with E-state index in [1.807, 2.05) is 43.3 Å². The molecule has 0 saturated carbocycles. The topological polar surface area (TPSA) is 47.3 Å². The molecule has 1 N–H and O–H groups in total. The average molecular weight is 190 g/mol. The second-order valence-corrected chi connectivity index (χ2v) is 3.63. The Labute approximate surface area is 84.2 Å². The minimum Gasteiger partial charge on any atom is -0.378 e. The minimum absolute atomic E-state index is 0.617. The fourth-order valence-electron chi connectivity index (χ4n) is 1.15. The number of anilines is 1. The lowest BCUT2D eigenvalue weighted by atomic mass is 9.97. The van der Waals surface area contributed by atoms with Gasteiger partial charge in [-0.05, 0) is 24.6 Å². The summed E-state index contributed by atoms with van der Waals surface area (Å²) < 4.78 is 0. The smallest absolute Gasteiger partial charge is 0.173 e. The van der Waals surface area contributed by atoms with E-state index < -0.39 is 5.60 Å². The molecule has 1 aromatic rings. The third kappa shape index (κ3) is 2.04. The number of hydrogen-bond donors (Lipinski definition) is 1. The van der Waals surface area contributed by atoms with Crippen LogP contribution in [0, 0.1) is 11.3 Å². The number of benzene rings is 1. The average Bonchev–Trinajstić information content (AvgIpc) is 2.18. The first-order valence-corrected chi connectivity index (χ1v) is 4.39. The van der Waals surface area contributed by atoms with Crippen LogP contribution in [0.15, 0.2) is 24.3 Å². The van der Waals surface area contributed by atoms with Crippen LogP contribution in [-0.4, -0.2) is 19.2 Å². The monoisotopic (exact) mass is 190 g/mol. The predicted octanol–water partition coefficient (Wildman–Crippen LogP) is 1.48. The van der Waals surface area contributed by atoms with Gasteiger partial charge in [-0.25, -0.2) is 0 Å². The molecule has 0 radical (unpaired) electrons. The zero-order valence-corrected chi connectivity index (χ0v) is 8.65. The molecule has 3 heteroatoms. The molecule has 1 rings (SSSR count). The van der Waals surface area contributed by atoms with Crippen LogP contribution in [0.1, 0.15) is 12.5 Å². The highest BCUT2D eigenvalue weighted by Gasteiger charge is 2.22. The first-order valence-electron chi connectivity index (χ1n) is 4.39. The molecule has 14 heavy (non-hydrogen) atoms. The van der Waals surface area contributed by atoms with Gasteiger partial charge in [-0.2, -0.15) is 5.26 Å². The normalized spacial score (nSPS) is 14.2. The molecule has 74 valence electrons. The van der Waals surface area contributed by atoms with Gasteiger partial charge in [0.25, 0.3) is 0 Å². The third-order valence-electron chi connectivity index (χ3n) is 2.14. The molecule has 0 spiro atoms. The molecule has 0 aliphatic carbocycles. The van der Waals surface area contributed by atoms with E-state index >= 15 is 0 Å². The van der Waals surface area contributed by atoms with Crippen molar-refractivity contribution in [1.29, 1.82) is 5.26 Å². The van der Waals surface area contributed by atoms with Gasteiger partial charge in [-0.15, -0.1) is 0 Å². The van der Waals surface area contributed by atoms with E-state index in [4.69, 9.17) is 5.26 Å². The van der Waals surface area contributed by atoms with Crippen molar-refractivity contribution >= 4 is 5.69 Å². The third-order valence-corrected chi connectivity index (χ3v) is 2.14. The van der Waals surface area contributed by atoms with Crippen molar-refractivity contribution in [3.05, 3.63) is 29.8 Å². The summed E-state index contributed by atoms with van der Waals surface area (Å²) in [6.45, 7) is 1.49. The van der Waals surface area contributed by atoms with E-state index in [0.29, 0.717) is 5.56 Å². The summed E-state index contributed by atoms with van der Waals surface area (Å²) in [5.74, 6) is 0. The fraction of sp³-hybridized carbons (Fsp3) is 0.364. The van der Waals surface area contributed by atoms with Crippen LogP contribution in [-0.2, 0) is 5.60 Å². The highest BCUT2D eigenvalue weighted by atomic mass is 16.3. The molecule has 0 amide bonds. The second-order valence-electron chi connectivity index (χ2n) is 3.63. The van der Waals surface area contributed by atoms with E-state index in [9.17, 15) is 5.11 Å². The van der Waals surface area contributed by atoms with E-state index in [1.165, 1.54) is 6.92 Å². The number of nitrogens with zero attached hydrogens (tertiary/aromatic N) is 2. The van der Waals surface area contributed by atoms with Crippen LogP contribution in [0.2, 0.25) is 0 Å². The standard InChI is InChI=1S/C11H14N2O/c1-11(14,8-12)9-5-4-6-10(7-9)13(2)3/h4-7,14H,1-3H3. The molecule has 1 unspecified atom stereocenters. The second kappa shape index (κ2) is 3.69. The minimum atomic E-state index is -1.41. The van der Waals surface area contributed by atoms with Crippen molar-refractivity contribution in [3.8, 4) is 6.07 Å². The van der Waals surface area contributed by atoms with Crippen molar-refractivity contribution < 1.29 is 5.11 Å². The molecule has 3 nitrogen and oxygen atoms in total. The van der Waals surface area contributed by atoms with Gasteiger partial charge in [-0.3, -0.25) is 0 Å². The zero-order chi connectivity index (χ0) is 10.8. The Bertz CT molecular complexity index is 364. The largest absolute Gasteiger partial charge is 0.378 e.